The lowest BCUT2D eigenvalue weighted by Crippen LogP contribution is -2.20. The number of carbonyl (C=O) groups is 1. The van der Waals surface area contributed by atoms with Crippen molar-refractivity contribution in [1.82, 2.24) is 5.32 Å². The highest BCUT2D eigenvalue weighted by molar-refractivity contribution is 6.32. The lowest BCUT2D eigenvalue weighted by molar-refractivity contribution is -0.116. The van der Waals surface area contributed by atoms with Gasteiger partial charge in [0, 0.05) is 22.7 Å². The summed E-state index contributed by atoms with van der Waals surface area (Å²) < 4.78 is 0. The Kier molecular flexibility index (Phi) is 7.05. The van der Waals surface area contributed by atoms with Crippen LogP contribution in [0.1, 0.15) is 16.7 Å². The van der Waals surface area contributed by atoms with E-state index in [0.29, 0.717) is 16.6 Å². The maximum absolute atomic E-state index is 11.8. The molecule has 0 fully saturated rings. The molecule has 1 amide bonds. The lowest BCUT2D eigenvalue weighted by Gasteiger charge is -2.06. The fraction of sp³-hybridized carbons (Fsp3) is 0.0952. The number of carbonyl (C=O) groups excluding carboxylic acids is 1. The van der Waals surface area contributed by atoms with Crippen molar-refractivity contribution in [3.63, 3.8) is 0 Å². The Balaban J connectivity index is 2.39. The number of allylic oxidation sites excluding steroid dienone is 2. The Morgan fingerprint density at radius 1 is 1.12 bits per heavy atom. The van der Waals surface area contributed by atoms with Gasteiger partial charge in [-0.15, -0.1) is 6.58 Å². The molecule has 2 aromatic carbocycles. The van der Waals surface area contributed by atoms with Crippen molar-refractivity contribution in [2.75, 3.05) is 6.54 Å². The summed E-state index contributed by atoms with van der Waals surface area (Å²) in [5.74, 6) is -0.185. The minimum atomic E-state index is -0.185. The number of halogens is 2. The molecule has 0 saturated carbocycles. The van der Waals surface area contributed by atoms with E-state index in [4.69, 9.17) is 23.2 Å². The van der Waals surface area contributed by atoms with Crippen molar-refractivity contribution in [2.45, 2.75) is 6.92 Å². The summed E-state index contributed by atoms with van der Waals surface area (Å²) in [6, 6.07) is 13.3. The van der Waals surface area contributed by atoms with E-state index in [9.17, 15) is 4.79 Å². The third kappa shape index (κ3) is 5.93. The van der Waals surface area contributed by atoms with Crippen LogP contribution in [0.25, 0.3) is 11.6 Å². The van der Waals surface area contributed by atoms with Crippen LogP contribution in [0.5, 0.6) is 0 Å². The molecule has 2 rings (SSSR count). The van der Waals surface area contributed by atoms with Crippen LogP contribution in [0.15, 0.2) is 67.3 Å². The highest BCUT2D eigenvalue weighted by Gasteiger charge is 2.04. The first-order chi connectivity index (χ1) is 12.0. The molecule has 0 aliphatic heterocycles. The largest absolute Gasteiger partial charge is 0.349 e. The van der Waals surface area contributed by atoms with Crippen LogP contribution in [-0.2, 0) is 4.79 Å². The van der Waals surface area contributed by atoms with Crippen molar-refractivity contribution < 1.29 is 4.79 Å². The molecule has 0 heterocycles. The van der Waals surface area contributed by atoms with Crippen molar-refractivity contribution >= 4 is 40.8 Å². The van der Waals surface area contributed by atoms with Gasteiger partial charge in [0.25, 0.3) is 0 Å². The highest BCUT2D eigenvalue weighted by Crippen LogP contribution is 2.26. The van der Waals surface area contributed by atoms with Crippen molar-refractivity contribution in [2.24, 2.45) is 0 Å². The first-order valence-electron chi connectivity index (χ1n) is 7.80. The molecule has 4 heteroatoms. The van der Waals surface area contributed by atoms with E-state index in [2.05, 4.69) is 11.9 Å². The fourth-order valence-corrected chi connectivity index (χ4v) is 2.60. The predicted octanol–water partition coefficient (Wildman–Crippen LogP) is 5.70. The van der Waals surface area contributed by atoms with Gasteiger partial charge in [0.2, 0.25) is 5.91 Å². The number of nitrogens with one attached hydrogen (secondary N) is 1. The predicted molar refractivity (Wildman–Crippen MR) is 108 cm³/mol. The van der Waals surface area contributed by atoms with Crippen molar-refractivity contribution in [3.05, 3.63) is 94.0 Å². The van der Waals surface area contributed by atoms with Gasteiger partial charge in [0.1, 0.15) is 0 Å². The van der Waals surface area contributed by atoms with Crippen molar-refractivity contribution in [1.29, 1.82) is 0 Å². The molecule has 0 aromatic heterocycles. The Morgan fingerprint density at radius 3 is 2.48 bits per heavy atom. The molecule has 1 N–H and O–H groups in total. The summed E-state index contributed by atoms with van der Waals surface area (Å²) in [4.78, 5) is 11.8. The number of amides is 1. The van der Waals surface area contributed by atoms with Gasteiger partial charge in [-0.25, -0.2) is 0 Å². The van der Waals surface area contributed by atoms with Gasteiger partial charge in [-0.05, 0) is 59.5 Å². The lowest BCUT2D eigenvalue weighted by atomic mass is 10.0. The maximum Gasteiger partial charge on any atom is 0.244 e. The minimum absolute atomic E-state index is 0.185. The van der Waals surface area contributed by atoms with Crippen LogP contribution in [0.4, 0.5) is 0 Å². The summed E-state index contributed by atoms with van der Waals surface area (Å²) in [6.45, 7) is 5.99. The molecular formula is C21H19Cl2NO. The SMILES string of the molecule is C=CCNC(=O)/C=C/C(=C/c1ccc(C)cc1Cl)c1ccc(Cl)cc1. The minimum Gasteiger partial charge on any atom is -0.349 e. The molecule has 128 valence electrons. The Morgan fingerprint density at radius 2 is 1.84 bits per heavy atom. The van der Waals surface area contributed by atoms with Gasteiger partial charge in [-0.2, -0.15) is 0 Å². The quantitative estimate of drug-likeness (QED) is 0.300. The standard InChI is InChI=1S/C21H19Cl2NO/c1-3-12-24-21(25)11-8-17(16-6-9-19(22)10-7-16)14-18-5-4-15(2)13-20(18)23/h3-11,13-14H,1,12H2,2H3,(H,24,25)/b11-8+,17-14-. The number of benzene rings is 2. The summed E-state index contributed by atoms with van der Waals surface area (Å²) in [5, 5.41) is 4.03. The average molecular weight is 372 g/mol. The number of hydrogen-bond donors (Lipinski definition) is 1. The van der Waals surface area contributed by atoms with Crippen LogP contribution in [-0.4, -0.2) is 12.5 Å². The van der Waals surface area contributed by atoms with Crippen LogP contribution < -0.4 is 5.32 Å². The molecule has 0 radical (unpaired) electrons. The molecule has 0 unspecified atom stereocenters. The molecule has 0 aliphatic carbocycles. The fourth-order valence-electron chi connectivity index (χ4n) is 2.18. The highest BCUT2D eigenvalue weighted by atomic mass is 35.5. The van der Waals surface area contributed by atoms with Gasteiger partial charge in [-0.3, -0.25) is 4.79 Å². The summed E-state index contributed by atoms with van der Waals surface area (Å²) in [6.07, 6.45) is 6.83. The zero-order chi connectivity index (χ0) is 18.2. The molecule has 0 saturated heterocycles. The third-order valence-electron chi connectivity index (χ3n) is 3.48. The molecule has 0 spiro atoms. The molecule has 25 heavy (non-hydrogen) atoms. The van der Waals surface area contributed by atoms with E-state index in [0.717, 1.165) is 22.3 Å². The second-order valence-corrected chi connectivity index (χ2v) is 6.34. The van der Waals surface area contributed by atoms with Crippen LogP contribution >= 0.6 is 23.2 Å². The van der Waals surface area contributed by atoms with Crippen LogP contribution in [0, 0.1) is 6.92 Å². The number of aryl methyl sites for hydroxylation is 1. The Bertz CT molecular complexity index is 820. The molecule has 2 aromatic rings. The van der Waals surface area contributed by atoms with Gasteiger partial charge in [0.05, 0.1) is 0 Å². The second-order valence-electron chi connectivity index (χ2n) is 5.50. The maximum atomic E-state index is 11.8. The first-order valence-corrected chi connectivity index (χ1v) is 8.56. The van der Waals surface area contributed by atoms with E-state index in [1.165, 1.54) is 6.08 Å². The van der Waals surface area contributed by atoms with Gasteiger partial charge < -0.3 is 5.32 Å². The number of rotatable bonds is 6. The monoisotopic (exact) mass is 371 g/mol. The third-order valence-corrected chi connectivity index (χ3v) is 4.06. The van der Waals surface area contributed by atoms with Gasteiger partial charge >= 0.3 is 0 Å². The van der Waals surface area contributed by atoms with E-state index >= 15 is 0 Å². The molecule has 0 atom stereocenters. The molecular weight excluding hydrogens is 353 g/mol. The van der Waals surface area contributed by atoms with E-state index in [1.807, 2.05) is 55.5 Å². The first kappa shape index (κ1) is 19.0. The zero-order valence-corrected chi connectivity index (χ0v) is 15.4. The van der Waals surface area contributed by atoms with E-state index in [1.54, 1.807) is 12.2 Å². The molecule has 2 nitrogen and oxygen atoms in total. The number of hydrogen-bond acceptors (Lipinski definition) is 1. The topological polar surface area (TPSA) is 29.1 Å². The Hall–Kier alpha value is -2.29. The van der Waals surface area contributed by atoms with Gasteiger partial charge in [0.15, 0.2) is 0 Å². The van der Waals surface area contributed by atoms with Crippen LogP contribution in [0.3, 0.4) is 0 Å². The van der Waals surface area contributed by atoms with Crippen molar-refractivity contribution in [3.8, 4) is 0 Å². The second kappa shape index (κ2) is 9.26. The average Bonchev–Trinajstić information content (AvgIpc) is 2.59. The van der Waals surface area contributed by atoms with Crippen LogP contribution in [0.2, 0.25) is 10.0 Å². The normalized spacial score (nSPS) is 11.6. The summed E-state index contributed by atoms with van der Waals surface area (Å²) in [7, 11) is 0. The molecule has 0 aliphatic rings. The Labute approximate surface area is 158 Å². The zero-order valence-electron chi connectivity index (χ0n) is 13.9. The van der Waals surface area contributed by atoms with E-state index in [-0.39, 0.29) is 5.91 Å². The smallest absolute Gasteiger partial charge is 0.244 e. The summed E-state index contributed by atoms with van der Waals surface area (Å²) >= 11 is 12.3. The van der Waals surface area contributed by atoms with Gasteiger partial charge in [-0.1, -0.05) is 53.5 Å². The van der Waals surface area contributed by atoms with E-state index < -0.39 is 0 Å². The molecule has 0 bridgehead atoms. The summed E-state index contributed by atoms with van der Waals surface area (Å²) in [5.41, 5.74) is 3.77.